The fraction of sp³-hybridized carbons (Fsp3) is 1.00. The van der Waals surface area contributed by atoms with Crippen molar-refractivity contribution in [3.05, 3.63) is 5.21 Å². The van der Waals surface area contributed by atoms with Crippen LogP contribution in [-0.2, 0) is 4.74 Å². The summed E-state index contributed by atoms with van der Waals surface area (Å²) in [6.45, 7) is 1.98. The minimum Gasteiger partial charge on any atom is -0.632 e. The van der Waals surface area contributed by atoms with Crippen molar-refractivity contribution in [2.75, 3.05) is 7.11 Å². The highest BCUT2D eigenvalue weighted by atomic mass is 16.6. The van der Waals surface area contributed by atoms with Crippen molar-refractivity contribution in [1.29, 1.82) is 0 Å². The summed E-state index contributed by atoms with van der Waals surface area (Å²) in [6, 6.07) is 0.221. The van der Waals surface area contributed by atoms with E-state index in [1.54, 1.807) is 7.11 Å². The van der Waals surface area contributed by atoms with Crippen molar-refractivity contribution in [1.82, 2.24) is 0 Å². The molecule has 3 unspecified atom stereocenters. The van der Waals surface area contributed by atoms with Gasteiger partial charge in [0.05, 0.1) is 6.04 Å². The van der Waals surface area contributed by atoms with E-state index in [0.717, 1.165) is 19.3 Å². The number of rotatable bonds is 1. The summed E-state index contributed by atoms with van der Waals surface area (Å²) < 4.78 is 5.02. The van der Waals surface area contributed by atoms with Crippen LogP contribution in [0.2, 0.25) is 0 Å². The third kappa shape index (κ3) is 1.48. The van der Waals surface area contributed by atoms with E-state index in [2.05, 4.69) is 0 Å². The third-order valence-electron chi connectivity index (χ3n) is 2.19. The summed E-state index contributed by atoms with van der Waals surface area (Å²) in [4.78, 5) is 0. The van der Waals surface area contributed by atoms with Gasteiger partial charge < -0.3 is 15.0 Å². The van der Waals surface area contributed by atoms with E-state index < -0.39 is 0 Å². The van der Waals surface area contributed by atoms with Gasteiger partial charge in [-0.25, -0.2) is 0 Å². The Morgan fingerprint density at radius 2 is 2.20 bits per heavy atom. The number of ether oxygens (including phenoxy) is 1. The van der Waals surface area contributed by atoms with Crippen molar-refractivity contribution < 1.29 is 9.80 Å². The molecule has 0 aliphatic carbocycles. The number of nitrogens with one attached hydrogen (secondary N) is 1. The van der Waals surface area contributed by atoms with Gasteiger partial charge in [-0.2, -0.15) is 0 Å². The molecule has 1 fully saturated rings. The number of hydrogen-bond donors (Lipinski definition) is 1. The molecule has 0 aromatic carbocycles. The van der Waals surface area contributed by atoms with Crippen LogP contribution in [-0.4, -0.2) is 19.4 Å². The van der Waals surface area contributed by atoms with Gasteiger partial charge in [-0.15, -0.1) is 0 Å². The molecule has 0 aromatic heterocycles. The van der Waals surface area contributed by atoms with E-state index in [4.69, 9.17) is 4.74 Å². The first-order chi connectivity index (χ1) is 4.75. The molecule has 1 aliphatic heterocycles. The molecule has 1 rings (SSSR count). The Morgan fingerprint density at radius 3 is 2.70 bits per heavy atom. The Kier molecular flexibility index (Phi) is 2.65. The van der Waals surface area contributed by atoms with Crippen LogP contribution in [0.25, 0.3) is 0 Å². The second-order valence-corrected chi connectivity index (χ2v) is 2.96. The highest BCUT2D eigenvalue weighted by Crippen LogP contribution is 2.07. The fourth-order valence-electron chi connectivity index (χ4n) is 1.45. The predicted molar refractivity (Wildman–Crippen MR) is 38.4 cm³/mol. The second kappa shape index (κ2) is 3.32. The van der Waals surface area contributed by atoms with Gasteiger partial charge in [0.25, 0.3) is 0 Å². The summed E-state index contributed by atoms with van der Waals surface area (Å²) in [5.74, 6) is 0. The lowest BCUT2D eigenvalue weighted by atomic mass is 10.1. The molecule has 3 atom stereocenters. The molecule has 0 saturated carbocycles. The predicted octanol–water partition coefficient (Wildman–Crippen LogP) is -0.0860. The summed E-state index contributed by atoms with van der Waals surface area (Å²) in [7, 11) is 1.61. The largest absolute Gasteiger partial charge is 0.632 e. The Hall–Kier alpha value is -0.120. The van der Waals surface area contributed by atoms with Gasteiger partial charge in [-0.3, -0.25) is 0 Å². The first-order valence-corrected chi connectivity index (χ1v) is 3.82. The van der Waals surface area contributed by atoms with Gasteiger partial charge in [0.1, 0.15) is 0 Å². The fourth-order valence-corrected chi connectivity index (χ4v) is 1.45. The Labute approximate surface area is 61.5 Å². The van der Waals surface area contributed by atoms with Gasteiger partial charge in [0, 0.05) is 13.5 Å². The van der Waals surface area contributed by atoms with Crippen LogP contribution in [0.4, 0.5) is 0 Å². The van der Waals surface area contributed by atoms with E-state index in [1.807, 2.05) is 6.92 Å². The second-order valence-electron chi connectivity index (χ2n) is 2.96. The molecule has 1 heterocycles. The zero-order valence-electron chi connectivity index (χ0n) is 6.59. The number of piperidine rings is 1. The van der Waals surface area contributed by atoms with Gasteiger partial charge in [0.15, 0.2) is 6.23 Å². The van der Waals surface area contributed by atoms with Crippen LogP contribution in [0.3, 0.4) is 0 Å². The van der Waals surface area contributed by atoms with Crippen molar-refractivity contribution in [3.8, 4) is 0 Å². The Morgan fingerprint density at radius 1 is 1.50 bits per heavy atom. The molecule has 0 bridgehead atoms. The smallest absolute Gasteiger partial charge is 0.191 e. The molecule has 1 saturated heterocycles. The topological polar surface area (TPSA) is 36.7 Å². The maximum Gasteiger partial charge on any atom is 0.191 e. The molecule has 3 heteroatoms. The van der Waals surface area contributed by atoms with Crippen LogP contribution < -0.4 is 5.06 Å². The lowest BCUT2D eigenvalue weighted by Gasteiger charge is -2.38. The zero-order valence-corrected chi connectivity index (χ0v) is 6.59. The molecule has 60 valence electrons. The quantitative estimate of drug-likeness (QED) is 0.524. The third-order valence-corrected chi connectivity index (χ3v) is 2.19. The molecular formula is C7H15NO2. The number of hydrogen-bond acceptors (Lipinski definition) is 2. The van der Waals surface area contributed by atoms with Gasteiger partial charge in [0.2, 0.25) is 0 Å². The normalized spacial score (nSPS) is 41.7. The highest BCUT2D eigenvalue weighted by molar-refractivity contribution is 4.58. The SMILES string of the molecule is COC1CCCC(C)[NH+]1[O-]. The minimum absolute atomic E-state index is 0.108. The van der Waals surface area contributed by atoms with Crippen LogP contribution in [0.5, 0.6) is 0 Å². The highest BCUT2D eigenvalue weighted by Gasteiger charge is 2.24. The average molecular weight is 145 g/mol. The minimum atomic E-state index is -0.108. The summed E-state index contributed by atoms with van der Waals surface area (Å²) >= 11 is 0. The summed E-state index contributed by atoms with van der Waals surface area (Å²) in [6.07, 6.45) is 2.98. The first kappa shape index (κ1) is 7.98. The number of methoxy groups -OCH3 is 1. The van der Waals surface area contributed by atoms with E-state index in [9.17, 15) is 5.21 Å². The van der Waals surface area contributed by atoms with Crippen LogP contribution in [0.1, 0.15) is 26.2 Å². The van der Waals surface area contributed by atoms with E-state index in [0.29, 0.717) is 0 Å². The van der Waals surface area contributed by atoms with Gasteiger partial charge in [-0.1, -0.05) is 0 Å². The molecular weight excluding hydrogens is 130 g/mol. The molecule has 0 amide bonds. The molecule has 1 aliphatic rings. The maximum atomic E-state index is 11.2. The lowest BCUT2D eigenvalue weighted by molar-refractivity contribution is -0.929. The molecule has 1 N–H and O–H groups in total. The van der Waals surface area contributed by atoms with E-state index >= 15 is 0 Å². The van der Waals surface area contributed by atoms with Gasteiger partial charge in [-0.05, 0) is 19.8 Å². The van der Waals surface area contributed by atoms with Crippen LogP contribution in [0, 0.1) is 5.21 Å². The van der Waals surface area contributed by atoms with Crippen LogP contribution in [0.15, 0.2) is 0 Å². The van der Waals surface area contributed by atoms with Gasteiger partial charge >= 0.3 is 0 Å². The van der Waals surface area contributed by atoms with Crippen LogP contribution >= 0.6 is 0 Å². The molecule has 0 spiro atoms. The van der Waals surface area contributed by atoms with Crippen molar-refractivity contribution >= 4 is 0 Å². The molecule has 0 aromatic rings. The molecule has 10 heavy (non-hydrogen) atoms. The van der Waals surface area contributed by atoms with E-state index in [-0.39, 0.29) is 17.3 Å². The number of hydroxylamine groups is 2. The standard InChI is InChI=1S/C7H15NO2/c1-6-4-3-5-7(10-2)8(6)9/h6-8H,3-5H2,1-2H3. The van der Waals surface area contributed by atoms with Crippen molar-refractivity contribution in [3.63, 3.8) is 0 Å². The lowest BCUT2D eigenvalue weighted by Crippen LogP contribution is -3.15. The Bertz CT molecular complexity index is 108. The average Bonchev–Trinajstić information content (AvgIpc) is 1.95. The first-order valence-electron chi connectivity index (χ1n) is 3.82. The number of quaternary nitrogens is 1. The Balaban J connectivity index is 2.42. The van der Waals surface area contributed by atoms with Crippen molar-refractivity contribution in [2.45, 2.75) is 38.5 Å². The summed E-state index contributed by atoms with van der Waals surface area (Å²) in [5.41, 5.74) is 0. The molecule has 3 nitrogen and oxygen atoms in total. The van der Waals surface area contributed by atoms with Crippen molar-refractivity contribution in [2.24, 2.45) is 0 Å². The zero-order chi connectivity index (χ0) is 7.56. The van der Waals surface area contributed by atoms with E-state index in [1.165, 1.54) is 0 Å². The maximum absolute atomic E-state index is 11.2. The monoisotopic (exact) mass is 145 g/mol. The summed E-state index contributed by atoms with van der Waals surface area (Å²) in [5, 5.41) is 11.5. The molecule has 0 radical (unpaired) electrons.